The van der Waals surface area contributed by atoms with Crippen molar-refractivity contribution in [2.45, 2.75) is 30.6 Å². The van der Waals surface area contributed by atoms with Crippen molar-refractivity contribution in [3.63, 3.8) is 0 Å². The van der Waals surface area contributed by atoms with Crippen LogP contribution in [0.4, 0.5) is 5.69 Å². The molecule has 1 amide bonds. The summed E-state index contributed by atoms with van der Waals surface area (Å²) in [5.41, 5.74) is 6.27. The van der Waals surface area contributed by atoms with Gasteiger partial charge in [0.1, 0.15) is 5.75 Å². The van der Waals surface area contributed by atoms with Gasteiger partial charge in [-0.05, 0) is 25.0 Å². The van der Waals surface area contributed by atoms with E-state index in [2.05, 4.69) is 0 Å². The molecule has 0 aliphatic carbocycles. The van der Waals surface area contributed by atoms with Gasteiger partial charge in [-0.25, -0.2) is 0 Å². The summed E-state index contributed by atoms with van der Waals surface area (Å²) >= 11 is 0. The number of nitrogens with two attached hydrogens (primary N) is 1. The van der Waals surface area contributed by atoms with Crippen LogP contribution in [0.2, 0.25) is 0 Å². The number of para-hydroxylation sites is 1. The van der Waals surface area contributed by atoms with Gasteiger partial charge in [0.05, 0.1) is 15.7 Å². The van der Waals surface area contributed by atoms with Crippen molar-refractivity contribution in [3.05, 3.63) is 24.3 Å². The van der Waals surface area contributed by atoms with E-state index in [1.54, 1.807) is 24.3 Å². The molecule has 2 rings (SSSR count). The van der Waals surface area contributed by atoms with Crippen molar-refractivity contribution in [1.82, 2.24) is 4.90 Å². The van der Waals surface area contributed by atoms with Gasteiger partial charge in [0.25, 0.3) is 0 Å². The normalized spacial score (nSPS) is 17.8. The molecule has 1 saturated heterocycles. The monoisotopic (exact) mass is 280 g/mol. The third-order valence-electron chi connectivity index (χ3n) is 3.38. The Bertz CT molecular complexity index is 468. The van der Waals surface area contributed by atoms with Crippen LogP contribution in [0.25, 0.3) is 0 Å². The molecular formula is C14H20N2O2S. The molecule has 5 heteroatoms. The minimum absolute atomic E-state index is 0.0245. The van der Waals surface area contributed by atoms with E-state index in [-0.39, 0.29) is 11.7 Å². The zero-order chi connectivity index (χ0) is 13.7. The Labute approximate surface area is 116 Å². The standard InChI is InChI=1S/C14H20N2O2S/c15-12-7-3-4-8-13(12)19(18)11-14(17)16-9-5-1-2-6-10-16/h3-4,7-8H,1-2,5-6,9-11,15H2. The number of hydrogen-bond donors (Lipinski definition) is 1. The highest BCUT2D eigenvalue weighted by Crippen LogP contribution is 2.16. The maximum Gasteiger partial charge on any atom is 0.235 e. The Morgan fingerprint density at radius 2 is 1.79 bits per heavy atom. The summed E-state index contributed by atoms with van der Waals surface area (Å²) in [7, 11) is -1.35. The van der Waals surface area contributed by atoms with E-state index in [1.807, 2.05) is 4.90 Å². The number of rotatable bonds is 3. The highest BCUT2D eigenvalue weighted by molar-refractivity contribution is 7.86. The van der Waals surface area contributed by atoms with Crippen LogP contribution < -0.4 is 5.73 Å². The molecule has 2 N–H and O–H groups in total. The van der Waals surface area contributed by atoms with Gasteiger partial charge in [-0.15, -0.1) is 0 Å². The van der Waals surface area contributed by atoms with Crippen LogP contribution in [-0.4, -0.2) is 33.9 Å². The second-order valence-corrected chi connectivity index (χ2v) is 6.24. The highest BCUT2D eigenvalue weighted by atomic mass is 32.2. The van der Waals surface area contributed by atoms with Crippen molar-refractivity contribution < 1.29 is 9.00 Å². The predicted molar refractivity (Wildman–Crippen MR) is 77.2 cm³/mol. The zero-order valence-electron chi connectivity index (χ0n) is 11.0. The Morgan fingerprint density at radius 3 is 2.42 bits per heavy atom. The first-order valence-corrected chi connectivity index (χ1v) is 8.01. The van der Waals surface area contributed by atoms with Gasteiger partial charge >= 0.3 is 0 Å². The summed E-state index contributed by atoms with van der Waals surface area (Å²) in [4.78, 5) is 14.5. The second-order valence-electron chi connectivity index (χ2n) is 4.82. The molecule has 1 atom stereocenters. The lowest BCUT2D eigenvalue weighted by Gasteiger charge is -2.20. The molecule has 1 aliphatic heterocycles. The van der Waals surface area contributed by atoms with Crippen molar-refractivity contribution >= 4 is 22.4 Å². The van der Waals surface area contributed by atoms with E-state index in [9.17, 15) is 9.00 Å². The average Bonchev–Trinajstić information content (AvgIpc) is 2.68. The van der Waals surface area contributed by atoms with E-state index in [4.69, 9.17) is 5.73 Å². The highest BCUT2D eigenvalue weighted by Gasteiger charge is 2.19. The first-order chi connectivity index (χ1) is 9.18. The maximum atomic E-state index is 12.2. The molecule has 1 aliphatic rings. The number of carbonyl (C=O) groups is 1. The summed E-state index contributed by atoms with van der Waals surface area (Å²) in [6, 6.07) is 7.03. The van der Waals surface area contributed by atoms with Gasteiger partial charge in [0.15, 0.2) is 0 Å². The lowest BCUT2D eigenvalue weighted by atomic mass is 10.2. The molecule has 1 heterocycles. The quantitative estimate of drug-likeness (QED) is 0.858. The average molecular weight is 280 g/mol. The number of amides is 1. The molecule has 104 valence electrons. The van der Waals surface area contributed by atoms with Crippen molar-refractivity contribution in [1.29, 1.82) is 0 Å². The molecule has 1 unspecified atom stereocenters. The topological polar surface area (TPSA) is 63.4 Å². The van der Waals surface area contributed by atoms with E-state index >= 15 is 0 Å². The van der Waals surface area contributed by atoms with Crippen LogP contribution in [0.3, 0.4) is 0 Å². The van der Waals surface area contributed by atoms with Crippen LogP contribution in [0.5, 0.6) is 0 Å². The summed E-state index contributed by atoms with van der Waals surface area (Å²) in [5.74, 6) is 0.0114. The number of nitrogen functional groups attached to an aromatic ring is 1. The zero-order valence-corrected chi connectivity index (χ0v) is 11.8. The van der Waals surface area contributed by atoms with Crippen LogP contribution >= 0.6 is 0 Å². The van der Waals surface area contributed by atoms with E-state index in [1.165, 1.54) is 12.8 Å². The van der Waals surface area contributed by atoms with Gasteiger partial charge in [0.2, 0.25) is 5.91 Å². The fourth-order valence-corrected chi connectivity index (χ4v) is 3.41. The second kappa shape index (κ2) is 6.70. The number of hydrogen-bond acceptors (Lipinski definition) is 3. The molecule has 1 aromatic carbocycles. The van der Waals surface area contributed by atoms with Gasteiger partial charge in [0, 0.05) is 18.8 Å². The number of carbonyl (C=O) groups excluding carboxylic acids is 1. The van der Waals surface area contributed by atoms with Crippen LogP contribution in [0.1, 0.15) is 25.7 Å². The SMILES string of the molecule is Nc1ccccc1S(=O)CC(=O)N1CCCCCC1. The molecule has 19 heavy (non-hydrogen) atoms. The lowest BCUT2D eigenvalue weighted by Crippen LogP contribution is -2.35. The van der Waals surface area contributed by atoms with Crippen molar-refractivity contribution in [3.8, 4) is 0 Å². The molecule has 0 bridgehead atoms. The van der Waals surface area contributed by atoms with Gasteiger partial charge < -0.3 is 10.6 Å². The summed E-state index contributed by atoms with van der Waals surface area (Å²) < 4.78 is 12.2. The number of benzene rings is 1. The summed E-state index contributed by atoms with van der Waals surface area (Å²) in [6.45, 7) is 1.58. The number of nitrogens with zero attached hydrogens (tertiary/aromatic N) is 1. The summed E-state index contributed by atoms with van der Waals surface area (Å²) in [5, 5.41) is 0. The maximum absolute atomic E-state index is 12.2. The fourth-order valence-electron chi connectivity index (χ4n) is 2.29. The van der Waals surface area contributed by atoms with Crippen LogP contribution in [-0.2, 0) is 15.6 Å². The Balaban J connectivity index is 1.98. The molecule has 0 aromatic heterocycles. The van der Waals surface area contributed by atoms with Gasteiger partial charge in [-0.3, -0.25) is 9.00 Å². The van der Waals surface area contributed by atoms with Gasteiger partial charge in [-0.2, -0.15) is 0 Å². The fraction of sp³-hybridized carbons (Fsp3) is 0.500. The predicted octanol–water partition coefficient (Wildman–Crippen LogP) is 1.78. The van der Waals surface area contributed by atoms with Gasteiger partial charge in [-0.1, -0.05) is 25.0 Å². The van der Waals surface area contributed by atoms with E-state index in [0.29, 0.717) is 10.6 Å². The Morgan fingerprint density at radius 1 is 1.16 bits per heavy atom. The molecule has 0 radical (unpaired) electrons. The van der Waals surface area contributed by atoms with Crippen LogP contribution in [0.15, 0.2) is 29.2 Å². The molecule has 4 nitrogen and oxygen atoms in total. The molecular weight excluding hydrogens is 260 g/mol. The third-order valence-corrected chi connectivity index (χ3v) is 4.75. The smallest absolute Gasteiger partial charge is 0.235 e. The van der Waals surface area contributed by atoms with E-state index in [0.717, 1.165) is 25.9 Å². The molecule has 0 saturated carbocycles. The largest absolute Gasteiger partial charge is 0.398 e. The minimum atomic E-state index is -1.35. The summed E-state index contributed by atoms with van der Waals surface area (Å²) in [6.07, 6.45) is 4.45. The molecule has 1 aromatic rings. The Kier molecular flexibility index (Phi) is 4.96. The number of anilines is 1. The Hall–Kier alpha value is -1.36. The third kappa shape index (κ3) is 3.80. The minimum Gasteiger partial charge on any atom is -0.398 e. The van der Waals surface area contributed by atoms with E-state index < -0.39 is 10.8 Å². The van der Waals surface area contributed by atoms with Crippen molar-refractivity contribution in [2.24, 2.45) is 0 Å². The molecule has 0 spiro atoms. The number of likely N-dealkylation sites (tertiary alicyclic amines) is 1. The molecule has 1 fully saturated rings. The lowest BCUT2D eigenvalue weighted by molar-refractivity contribution is -0.128. The first kappa shape index (κ1) is 14.1. The first-order valence-electron chi connectivity index (χ1n) is 6.69. The van der Waals surface area contributed by atoms with Crippen LogP contribution in [0, 0.1) is 0 Å². The van der Waals surface area contributed by atoms with Crippen molar-refractivity contribution in [2.75, 3.05) is 24.6 Å².